The Morgan fingerprint density at radius 1 is 1.42 bits per heavy atom. The van der Waals surface area contributed by atoms with Crippen LogP contribution in [-0.2, 0) is 14.3 Å². The van der Waals surface area contributed by atoms with E-state index in [9.17, 15) is 9.59 Å². The zero-order chi connectivity index (χ0) is 13.8. The van der Waals surface area contributed by atoms with Gasteiger partial charge in [0.25, 0.3) is 0 Å². The molecule has 6 nitrogen and oxygen atoms in total. The SMILES string of the molecule is CC(C)NC(=O)C1COCCN1C(=O)C1CCNC1. The van der Waals surface area contributed by atoms with Crippen LogP contribution in [0.1, 0.15) is 20.3 Å². The number of hydrogen-bond donors (Lipinski definition) is 2. The summed E-state index contributed by atoms with van der Waals surface area (Å²) in [6.45, 7) is 6.73. The lowest BCUT2D eigenvalue weighted by atomic mass is 10.0. The molecule has 2 heterocycles. The average molecular weight is 269 g/mol. The molecule has 0 aromatic carbocycles. The molecular weight excluding hydrogens is 246 g/mol. The smallest absolute Gasteiger partial charge is 0.245 e. The first-order valence-corrected chi connectivity index (χ1v) is 6.99. The molecule has 2 aliphatic rings. The molecule has 0 radical (unpaired) electrons. The van der Waals surface area contributed by atoms with Crippen molar-refractivity contribution >= 4 is 11.8 Å². The molecule has 6 heteroatoms. The molecule has 108 valence electrons. The van der Waals surface area contributed by atoms with E-state index in [0.29, 0.717) is 26.3 Å². The van der Waals surface area contributed by atoms with Gasteiger partial charge < -0.3 is 20.3 Å². The van der Waals surface area contributed by atoms with Crippen molar-refractivity contribution in [2.24, 2.45) is 5.92 Å². The molecule has 0 spiro atoms. The third kappa shape index (κ3) is 3.45. The summed E-state index contributed by atoms with van der Waals surface area (Å²) < 4.78 is 5.36. The van der Waals surface area contributed by atoms with Crippen LogP contribution in [0.5, 0.6) is 0 Å². The van der Waals surface area contributed by atoms with E-state index in [1.54, 1.807) is 4.90 Å². The van der Waals surface area contributed by atoms with Crippen LogP contribution >= 0.6 is 0 Å². The van der Waals surface area contributed by atoms with Gasteiger partial charge in [-0.05, 0) is 26.8 Å². The molecule has 2 unspecified atom stereocenters. The van der Waals surface area contributed by atoms with Crippen LogP contribution in [0.15, 0.2) is 0 Å². The summed E-state index contributed by atoms with van der Waals surface area (Å²) in [5.74, 6) is -0.0290. The lowest BCUT2D eigenvalue weighted by Gasteiger charge is -2.36. The van der Waals surface area contributed by atoms with E-state index in [1.165, 1.54) is 0 Å². The standard InChI is InChI=1S/C13H23N3O3/c1-9(2)15-12(17)11-8-19-6-5-16(11)13(18)10-3-4-14-7-10/h9-11,14H,3-8H2,1-2H3,(H,15,17). The quantitative estimate of drug-likeness (QED) is 0.714. The second kappa shape index (κ2) is 6.34. The molecule has 2 N–H and O–H groups in total. The van der Waals surface area contributed by atoms with E-state index in [2.05, 4.69) is 10.6 Å². The highest BCUT2D eigenvalue weighted by molar-refractivity contribution is 5.89. The largest absolute Gasteiger partial charge is 0.377 e. The lowest BCUT2D eigenvalue weighted by Crippen LogP contribution is -2.58. The Labute approximate surface area is 113 Å². The van der Waals surface area contributed by atoms with Crippen LogP contribution in [0.2, 0.25) is 0 Å². The van der Waals surface area contributed by atoms with Gasteiger partial charge in [-0.25, -0.2) is 0 Å². The summed E-state index contributed by atoms with van der Waals surface area (Å²) in [6, 6.07) is -0.413. The minimum absolute atomic E-state index is 0.00690. The fourth-order valence-corrected chi connectivity index (χ4v) is 2.57. The number of carbonyl (C=O) groups excluding carboxylic acids is 2. The lowest BCUT2D eigenvalue weighted by molar-refractivity contribution is -0.151. The van der Waals surface area contributed by atoms with Gasteiger partial charge in [-0.1, -0.05) is 0 Å². The molecule has 0 aromatic heterocycles. The maximum atomic E-state index is 12.5. The number of morpholine rings is 1. The number of nitrogens with one attached hydrogen (secondary N) is 2. The number of hydrogen-bond acceptors (Lipinski definition) is 4. The number of nitrogens with zero attached hydrogens (tertiary/aromatic N) is 1. The zero-order valence-corrected chi connectivity index (χ0v) is 11.6. The van der Waals surface area contributed by atoms with Crippen molar-refractivity contribution in [2.75, 3.05) is 32.8 Å². The zero-order valence-electron chi connectivity index (χ0n) is 11.6. The third-order valence-corrected chi connectivity index (χ3v) is 3.55. The highest BCUT2D eigenvalue weighted by Gasteiger charge is 2.36. The molecule has 0 bridgehead atoms. The number of carbonyl (C=O) groups is 2. The first-order valence-electron chi connectivity index (χ1n) is 6.99. The molecule has 2 atom stereocenters. The van der Waals surface area contributed by atoms with E-state index in [0.717, 1.165) is 13.0 Å². The van der Waals surface area contributed by atoms with Gasteiger partial charge in [0.1, 0.15) is 6.04 Å². The Hall–Kier alpha value is -1.14. The third-order valence-electron chi connectivity index (χ3n) is 3.55. The Kier molecular flexibility index (Phi) is 4.76. The van der Waals surface area contributed by atoms with Crippen LogP contribution < -0.4 is 10.6 Å². The second-order valence-corrected chi connectivity index (χ2v) is 5.48. The minimum atomic E-state index is -0.482. The predicted molar refractivity (Wildman–Crippen MR) is 70.6 cm³/mol. The highest BCUT2D eigenvalue weighted by atomic mass is 16.5. The van der Waals surface area contributed by atoms with Gasteiger partial charge in [-0.3, -0.25) is 9.59 Å². The normalized spacial score (nSPS) is 27.6. The fourth-order valence-electron chi connectivity index (χ4n) is 2.57. The van der Waals surface area contributed by atoms with Crippen molar-refractivity contribution in [3.05, 3.63) is 0 Å². The van der Waals surface area contributed by atoms with Crippen LogP contribution in [0, 0.1) is 5.92 Å². The van der Waals surface area contributed by atoms with Gasteiger partial charge in [0.2, 0.25) is 11.8 Å². The van der Waals surface area contributed by atoms with Gasteiger partial charge in [0.05, 0.1) is 19.1 Å². The Balaban J connectivity index is 2.02. The van der Waals surface area contributed by atoms with E-state index in [1.807, 2.05) is 13.8 Å². The number of rotatable bonds is 3. The maximum absolute atomic E-state index is 12.5. The van der Waals surface area contributed by atoms with Crippen LogP contribution in [0.25, 0.3) is 0 Å². The van der Waals surface area contributed by atoms with Crippen molar-refractivity contribution in [3.8, 4) is 0 Å². The average Bonchev–Trinajstić information content (AvgIpc) is 2.91. The van der Waals surface area contributed by atoms with Crippen LogP contribution in [0.4, 0.5) is 0 Å². The fraction of sp³-hybridized carbons (Fsp3) is 0.846. The number of amides is 2. The molecule has 2 saturated heterocycles. The predicted octanol–water partition coefficient (Wildman–Crippen LogP) is -0.652. The van der Waals surface area contributed by atoms with E-state index in [-0.39, 0.29) is 23.8 Å². The van der Waals surface area contributed by atoms with E-state index in [4.69, 9.17) is 4.74 Å². The van der Waals surface area contributed by atoms with Crippen molar-refractivity contribution in [1.82, 2.24) is 15.5 Å². The second-order valence-electron chi connectivity index (χ2n) is 5.48. The molecule has 0 saturated carbocycles. The minimum Gasteiger partial charge on any atom is -0.377 e. The first-order chi connectivity index (χ1) is 9.09. The summed E-state index contributed by atoms with van der Waals surface area (Å²) in [4.78, 5) is 26.3. The van der Waals surface area contributed by atoms with E-state index < -0.39 is 6.04 Å². The van der Waals surface area contributed by atoms with Gasteiger partial charge >= 0.3 is 0 Å². The summed E-state index contributed by atoms with van der Waals surface area (Å²) >= 11 is 0. The van der Waals surface area contributed by atoms with Crippen molar-refractivity contribution in [1.29, 1.82) is 0 Å². The van der Waals surface area contributed by atoms with E-state index >= 15 is 0 Å². The Morgan fingerprint density at radius 2 is 2.21 bits per heavy atom. The summed E-state index contributed by atoms with van der Waals surface area (Å²) in [6.07, 6.45) is 0.856. The summed E-state index contributed by atoms with van der Waals surface area (Å²) in [5.41, 5.74) is 0. The van der Waals surface area contributed by atoms with Crippen molar-refractivity contribution in [2.45, 2.75) is 32.4 Å². The van der Waals surface area contributed by atoms with Crippen molar-refractivity contribution < 1.29 is 14.3 Å². The van der Waals surface area contributed by atoms with Crippen LogP contribution in [-0.4, -0.2) is 61.6 Å². The molecule has 2 aliphatic heterocycles. The Morgan fingerprint density at radius 3 is 2.84 bits per heavy atom. The van der Waals surface area contributed by atoms with Gasteiger partial charge in [-0.15, -0.1) is 0 Å². The highest BCUT2D eigenvalue weighted by Crippen LogP contribution is 2.16. The summed E-state index contributed by atoms with van der Waals surface area (Å²) in [5, 5.41) is 6.05. The van der Waals surface area contributed by atoms with Gasteiger partial charge in [0.15, 0.2) is 0 Å². The van der Waals surface area contributed by atoms with Gasteiger partial charge in [0, 0.05) is 19.1 Å². The molecule has 0 aliphatic carbocycles. The van der Waals surface area contributed by atoms with Crippen LogP contribution in [0.3, 0.4) is 0 Å². The molecule has 2 rings (SSSR count). The molecule has 19 heavy (non-hydrogen) atoms. The monoisotopic (exact) mass is 269 g/mol. The Bertz CT molecular complexity index is 340. The summed E-state index contributed by atoms with van der Waals surface area (Å²) in [7, 11) is 0. The van der Waals surface area contributed by atoms with Gasteiger partial charge in [-0.2, -0.15) is 0 Å². The topological polar surface area (TPSA) is 70.7 Å². The number of ether oxygens (including phenoxy) is 1. The molecular formula is C13H23N3O3. The van der Waals surface area contributed by atoms with Crippen molar-refractivity contribution in [3.63, 3.8) is 0 Å². The first kappa shape index (κ1) is 14.3. The molecule has 2 amide bonds. The molecule has 0 aromatic rings. The molecule has 2 fully saturated rings. The maximum Gasteiger partial charge on any atom is 0.245 e.